The summed E-state index contributed by atoms with van der Waals surface area (Å²) in [4.78, 5) is 14.6. The summed E-state index contributed by atoms with van der Waals surface area (Å²) in [5.74, 6) is -0.915. The number of carbonyl (C=O) groups is 1. The van der Waals surface area contributed by atoms with E-state index >= 15 is 0 Å². The van der Waals surface area contributed by atoms with Crippen LogP contribution < -0.4 is 5.32 Å². The number of nitrogens with zero attached hydrogens (tertiary/aromatic N) is 1. The van der Waals surface area contributed by atoms with Crippen molar-refractivity contribution in [3.05, 3.63) is 29.3 Å². The zero-order valence-electron chi connectivity index (χ0n) is 6.82. The number of hydrogen-bond acceptors (Lipinski definition) is 3. The first-order valence-electron chi connectivity index (χ1n) is 3.88. The van der Waals surface area contributed by atoms with Gasteiger partial charge in [-0.3, -0.25) is 4.99 Å². The fourth-order valence-corrected chi connectivity index (χ4v) is 1.24. The molecule has 66 valence electrons. The minimum atomic E-state index is -0.915. The molecule has 2 rings (SSSR count). The van der Waals surface area contributed by atoms with Crippen molar-refractivity contribution in [2.24, 2.45) is 4.99 Å². The topological polar surface area (TPSA) is 61.7 Å². The summed E-state index contributed by atoms with van der Waals surface area (Å²) < 4.78 is 0. The smallest absolute Gasteiger partial charge is 0.335 e. The van der Waals surface area contributed by atoms with E-state index in [9.17, 15) is 4.79 Å². The molecule has 13 heavy (non-hydrogen) atoms. The summed E-state index contributed by atoms with van der Waals surface area (Å²) in [6.45, 7) is 0.555. The Kier molecular flexibility index (Phi) is 1.73. The van der Waals surface area contributed by atoms with Gasteiger partial charge >= 0.3 is 5.97 Å². The third-order valence-electron chi connectivity index (χ3n) is 1.89. The number of anilines is 1. The fraction of sp³-hybridized carbons (Fsp3) is 0.111. The molecule has 1 heterocycles. The molecule has 1 aromatic rings. The quantitative estimate of drug-likeness (QED) is 0.675. The Morgan fingerprint density at radius 3 is 3.15 bits per heavy atom. The van der Waals surface area contributed by atoms with Gasteiger partial charge in [-0.05, 0) is 18.2 Å². The molecule has 0 atom stereocenters. The Morgan fingerprint density at radius 1 is 1.54 bits per heavy atom. The van der Waals surface area contributed by atoms with Crippen molar-refractivity contribution in [2.45, 2.75) is 0 Å². The van der Waals surface area contributed by atoms with Crippen LogP contribution in [0.15, 0.2) is 23.2 Å². The summed E-state index contributed by atoms with van der Waals surface area (Å²) in [5.41, 5.74) is 2.04. The molecule has 4 nitrogen and oxygen atoms in total. The van der Waals surface area contributed by atoms with Crippen molar-refractivity contribution in [3.63, 3.8) is 0 Å². The summed E-state index contributed by atoms with van der Waals surface area (Å²) in [6.07, 6.45) is 1.68. The van der Waals surface area contributed by atoms with E-state index < -0.39 is 5.97 Å². The molecule has 0 bridgehead atoms. The predicted molar refractivity (Wildman–Crippen MR) is 49.5 cm³/mol. The number of aromatic carboxylic acids is 1. The van der Waals surface area contributed by atoms with E-state index in [0.717, 1.165) is 11.3 Å². The van der Waals surface area contributed by atoms with Crippen LogP contribution in [0.1, 0.15) is 15.9 Å². The first-order valence-corrected chi connectivity index (χ1v) is 3.88. The van der Waals surface area contributed by atoms with Crippen molar-refractivity contribution in [3.8, 4) is 0 Å². The van der Waals surface area contributed by atoms with Gasteiger partial charge in [0.1, 0.15) is 6.67 Å². The Hall–Kier alpha value is -1.84. The molecule has 0 saturated carbocycles. The zero-order chi connectivity index (χ0) is 9.26. The van der Waals surface area contributed by atoms with Crippen LogP contribution in [-0.2, 0) is 0 Å². The molecule has 0 saturated heterocycles. The van der Waals surface area contributed by atoms with E-state index in [-0.39, 0.29) is 5.56 Å². The van der Waals surface area contributed by atoms with Crippen LogP contribution in [0.25, 0.3) is 0 Å². The first-order chi connectivity index (χ1) is 6.27. The van der Waals surface area contributed by atoms with Gasteiger partial charge in [0.05, 0.1) is 5.56 Å². The van der Waals surface area contributed by atoms with Crippen molar-refractivity contribution in [2.75, 3.05) is 12.0 Å². The molecule has 2 N–H and O–H groups in total. The summed E-state index contributed by atoms with van der Waals surface area (Å²) >= 11 is 0. The normalized spacial score (nSPS) is 13.2. The lowest BCUT2D eigenvalue weighted by molar-refractivity contribution is 0.0697. The van der Waals surface area contributed by atoms with Gasteiger partial charge in [-0.15, -0.1) is 0 Å². The molecule has 1 aliphatic heterocycles. The molecule has 0 aromatic heterocycles. The Morgan fingerprint density at radius 2 is 2.38 bits per heavy atom. The largest absolute Gasteiger partial charge is 0.478 e. The third kappa shape index (κ3) is 1.38. The number of aliphatic imine (C=N–C) groups is 1. The molecule has 0 spiro atoms. The maximum absolute atomic E-state index is 10.6. The van der Waals surface area contributed by atoms with Crippen molar-refractivity contribution < 1.29 is 9.90 Å². The van der Waals surface area contributed by atoms with Gasteiger partial charge in [0.25, 0.3) is 0 Å². The van der Waals surface area contributed by atoms with Gasteiger partial charge in [0, 0.05) is 17.5 Å². The standard InChI is InChI=1S/C9H8N2O2/c12-9(13)6-1-2-8-7(3-6)4-10-5-11-8/h1-4,11H,5H2,(H,12,13). The number of hydrogen-bond donors (Lipinski definition) is 2. The first kappa shape index (κ1) is 7.79. The fourth-order valence-electron chi connectivity index (χ4n) is 1.24. The lowest BCUT2D eigenvalue weighted by atomic mass is 10.1. The summed E-state index contributed by atoms with van der Waals surface area (Å²) in [5, 5.41) is 11.8. The number of nitrogens with one attached hydrogen (secondary N) is 1. The molecular weight excluding hydrogens is 168 g/mol. The molecule has 0 unspecified atom stereocenters. The highest BCUT2D eigenvalue weighted by molar-refractivity contribution is 5.95. The van der Waals surface area contributed by atoms with Crippen LogP contribution in [0.4, 0.5) is 5.69 Å². The molecule has 1 aromatic carbocycles. The Balaban J connectivity index is 2.48. The Bertz CT molecular complexity index is 385. The monoisotopic (exact) mass is 176 g/mol. The number of carboxylic acids is 1. The highest BCUT2D eigenvalue weighted by Crippen LogP contribution is 2.17. The highest BCUT2D eigenvalue weighted by atomic mass is 16.4. The zero-order valence-corrected chi connectivity index (χ0v) is 6.82. The van der Waals surface area contributed by atoms with E-state index in [1.54, 1.807) is 24.4 Å². The summed E-state index contributed by atoms with van der Waals surface area (Å²) in [6, 6.07) is 4.94. The van der Waals surface area contributed by atoms with Gasteiger partial charge in [-0.2, -0.15) is 0 Å². The summed E-state index contributed by atoms with van der Waals surface area (Å²) in [7, 11) is 0. The van der Waals surface area contributed by atoms with Crippen LogP contribution in [0, 0.1) is 0 Å². The Labute approximate surface area is 74.9 Å². The molecule has 1 aliphatic rings. The van der Waals surface area contributed by atoms with E-state index in [0.29, 0.717) is 6.67 Å². The molecule has 4 heteroatoms. The minimum Gasteiger partial charge on any atom is -0.478 e. The van der Waals surface area contributed by atoms with Gasteiger partial charge in [0.15, 0.2) is 0 Å². The minimum absolute atomic E-state index is 0.286. The lowest BCUT2D eigenvalue weighted by Crippen LogP contribution is -2.09. The second-order valence-corrected chi connectivity index (χ2v) is 2.75. The van der Waals surface area contributed by atoms with E-state index in [1.165, 1.54) is 0 Å². The maximum atomic E-state index is 10.6. The predicted octanol–water partition coefficient (Wildman–Crippen LogP) is 1.19. The third-order valence-corrected chi connectivity index (χ3v) is 1.89. The molecule has 0 radical (unpaired) electrons. The average Bonchev–Trinajstić information content (AvgIpc) is 2.17. The van der Waals surface area contributed by atoms with Crippen molar-refractivity contribution in [1.29, 1.82) is 0 Å². The van der Waals surface area contributed by atoms with Crippen molar-refractivity contribution in [1.82, 2.24) is 0 Å². The van der Waals surface area contributed by atoms with E-state index in [1.807, 2.05) is 0 Å². The second-order valence-electron chi connectivity index (χ2n) is 2.75. The average molecular weight is 176 g/mol. The number of rotatable bonds is 1. The van der Waals surface area contributed by atoms with Crippen LogP contribution in [0.2, 0.25) is 0 Å². The SMILES string of the molecule is O=C(O)c1ccc2c(c1)C=NCN2. The van der Waals surface area contributed by atoms with Gasteiger partial charge < -0.3 is 10.4 Å². The van der Waals surface area contributed by atoms with Crippen LogP contribution in [0.3, 0.4) is 0 Å². The van der Waals surface area contributed by atoms with Crippen LogP contribution in [0.5, 0.6) is 0 Å². The van der Waals surface area contributed by atoms with Gasteiger partial charge in [0.2, 0.25) is 0 Å². The van der Waals surface area contributed by atoms with Crippen LogP contribution in [-0.4, -0.2) is 24.0 Å². The second kappa shape index (κ2) is 2.90. The van der Waals surface area contributed by atoms with Gasteiger partial charge in [-0.25, -0.2) is 4.79 Å². The molecule has 0 aliphatic carbocycles. The van der Waals surface area contributed by atoms with Crippen molar-refractivity contribution >= 4 is 17.9 Å². The van der Waals surface area contributed by atoms with E-state index in [4.69, 9.17) is 5.11 Å². The number of carboxylic acid groups (broad SMARTS) is 1. The molecular formula is C9H8N2O2. The lowest BCUT2D eigenvalue weighted by Gasteiger charge is -2.12. The number of benzene rings is 1. The molecule has 0 fully saturated rings. The highest BCUT2D eigenvalue weighted by Gasteiger charge is 2.08. The maximum Gasteiger partial charge on any atom is 0.335 e. The van der Waals surface area contributed by atoms with Crippen LogP contribution >= 0.6 is 0 Å². The van der Waals surface area contributed by atoms with Gasteiger partial charge in [-0.1, -0.05) is 0 Å². The molecule has 0 amide bonds. The number of fused-ring (bicyclic) bond motifs is 1. The van der Waals surface area contributed by atoms with E-state index in [2.05, 4.69) is 10.3 Å².